The number of rotatable bonds is 2. The molecule has 0 radical (unpaired) electrons. The molecule has 0 aromatic carbocycles. The van der Waals surface area contributed by atoms with Gasteiger partial charge in [-0.25, -0.2) is 0 Å². The number of hydrogen-bond donors (Lipinski definition) is 3. The number of hydrogen-bond acceptors (Lipinski definition) is 3. The van der Waals surface area contributed by atoms with Crippen molar-refractivity contribution in [1.82, 2.24) is 0 Å². The van der Waals surface area contributed by atoms with Crippen LogP contribution in [0.3, 0.4) is 0 Å². The maximum atomic E-state index is 10.1. The Morgan fingerprint density at radius 1 is 1.22 bits per heavy atom. The maximum Gasteiger partial charge on any atom is 0.263 e. The van der Waals surface area contributed by atoms with Gasteiger partial charge in [0.2, 0.25) is 0 Å². The highest BCUT2D eigenvalue weighted by molar-refractivity contribution is 6.23. The molecule has 0 heterocycles. The van der Waals surface area contributed by atoms with E-state index < -0.39 is 17.4 Å². The van der Waals surface area contributed by atoms with Crippen LogP contribution in [0.4, 0.5) is 0 Å². The SMILES string of the molecule is N=C=C(C(N)=O)C(N)=O. The van der Waals surface area contributed by atoms with Gasteiger partial charge in [0.1, 0.15) is 0 Å². The van der Waals surface area contributed by atoms with Crippen molar-refractivity contribution in [2.24, 2.45) is 11.5 Å². The smallest absolute Gasteiger partial charge is 0.263 e. The van der Waals surface area contributed by atoms with E-state index in [1.54, 1.807) is 0 Å². The Morgan fingerprint density at radius 2 is 1.56 bits per heavy atom. The molecule has 0 bridgehead atoms. The van der Waals surface area contributed by atoms with Gasteiger partial charge in [0.15, 0.2) is 5.57 Å². The molecule has 0 atom stereocenters. The van der Waals surface area contributed by atoms with Gasteiger partial charge in [-0.2, -0.15) is 0 Å². The Kier molecular flexibility index (Phi) is 2.17. The molecule has 0 saturated heterocycles. The summed E-state index contributed by atoms with van der Waals surface area (Å²) in [5.41, 5.74) is 8.56. The summed E-state index contributed by atoms with van der Waals surface area (Å²) in [6.45, 7) is 0. The highest BCUT2D eigenvalue weighted by Crippen LogP contribution is 1.80. The highest BCUT2D eigenvalue weighted by Gasteiger charge is 2.09. The van der Waals surface area contributed by atoms with Crippen LogP contribution in [-0.4, -0.2) is 17.7 Å². The van der Waals surface area contributed by atoms with Crippen molar-refractivity contribution < 1.29 is 9.59 Å². The van der Waals surface area contributed by atoms with Gasteiger partial charge in [-0.1, -0.05) is 0 Å². The van der Waals surface area contributed by atoms with Crippen LogP contribution in [0.2, 0.25) is 0 Å². The number of carbonyl (C=O) groups is 2. The summed E-state index contributed by atoms with van der Waals surface area (Å²) in [6, 6.07) is 0. The van der Waals surface area contributed by atoms with Gasteiger partial charge in [0.05, 0.1) is 0 Å². The van der Waals surface area contributed by atoms with Crippen LogP contribution in [0.15, 0.2) is 5.57 Å². The van der Waals surface area contributed by atoms with Crippen molar-refractivity contribution in [3.8, 4) is 0 Å². The fraction of sp³-hybridized carbons (Fsp3) is 0. The van der Waals surface area contributed by atoms with E-state index in [0.717, 1.165) is 0 Å². The van der Waals surface area contributed by atoms with Crippen molar-refractivity contribution in [2.75, 3.05) is 0 Å². The van der Waals surface area contributed by atoms with Gasteiger partial charge in [-0.15, -0.1) is 0 Å². The third kappa shape index (κ3) is 1.75. The summed E-state index contributed by atoms with van der Waals surface area (Å²) >= 11 is 0. The molecule has 0 aliphatic heterocycles. The third-order valence-electron chi connectivity index (χ3n) is 0.618. The van der Waals surface area contributed by atoms with Crippen LogP contribution >= 0.6 is 0 Å². The van der Waals surface area contributed by atoms with E-state index in [4.69, 9.17) is 5.41 Å². The molecule has 48 valence electrons. The van der Waals surface area contributed by atoms with Crippen molar-refractivity contribution >= 4 is 17.7 Å². The predicted octanol–water partition coefficient (Wildman–Crippen LogP) is -1.87. The van der Waals surface area contributed by atoms with Crippen LogP contribution in [0, 0.1) is 5.41 Å². The minimum absolute atomic E-state index is 0.616. The topological polar surface area (TPSA) is 110 Å². The quantitative estimate of drug-likeness (QED) is 0.175. The van der Waals surface area contributed by atoms with E-state index in [1.165, 1.54) is 5.87 Å². The number of carbonyl (C=O) groups excluding carboxylic acids is 2. The first-order chi connectivity index (χ1) is 4.09. The first kappa shape index (κ1) is 7.39. The van der Waals surface area contributed by atoms with Crippen molar-refractivity contribution in [1.29, 1.82) is 5.41 Å². The average Bonchev–Trinajstić information content (AvgIpc) is 1.64. The lowest BCUT2D eigenvalue weighted by Gasteiger charge is -1.87. The normalized spacial score (nSPS) is 7.56. The summed E-state index contributed by atoms with van der Waals surface area (Å²) in [5, 5.41) is 6.33. The standard InChI is InChI=1S/C4H5N3O2/c5-1-2(3(6)8)4(7)9/h5H,(H2,6,8)(H2,7,9). The van der Waals surface area contributed by atoms with E-state index in [-0.39, 0.29) is 0 Å². The molecule has 0 rings (SSSR count). The molecular formula is C4H5N3O2. The van der Waals surface area contributed by atoms with E-state index in [2.05, 4.69) is 11.5 Å². The number of amides is 2. The van der Waals surface area contributed by atoms with Gasteiger partial charge >= 0.3 is 0 Å². The minimum atomic E-state index is -1.03. The van der Waals surface area contributed by atoms with Gasteiger partial charge in [-0.3, -0.25) is 15.0 Å². The first-order valence-corrected chi connectivity index (χ1v) is 1.99. The maximum absolute atomic E-state index is 10.1. The van der Waals surface area contributed by atoms with Crippen molar-refractivity contribution in [3.63, 3.8) is 0 Å². The summed E-state index contributed by atoms with van der Waals surface area (Å²) in [6.07, 6.45) is 0. The zero-order chi connectivity index (χ0) is 7.44. The minimum Gasteiger partial charge on any atom is -0.365 e. The molecule has 5 N–H and O–H groups in total. The molecule has 0 spiro atoms. The molecule has 5 heteroatoms. The van der Waals surface area contributed by atoms with E-state index >= 15 is 0 Å². The molecule has 0 aromatic heterocycles. The van der Waals surface area contributed by atoms with E-state index in [9.17, 15) is 9.59 Å². The fourth-order valence-electron chi connectivity index (χ4n) is 0.245. The molecular weight excluding hydrogens is 122 g/mol. The van der Waals surface area contributed by atoms with Gasteiger partial charge in [0, 0.05) is 0 Å². The second-order valence-electron chi connectivity index (χ2n) is 1.23. The monoisotopic (exact) mass is 127 g/mol. The van der Waals surface area contributed by atoms with Crippen molar-refractivity contribution in [3.05, 3.63) is 5.57 Å². The first-order valence-electron chi connectivity index (χ1n) is 1.99. The summed E-state index contributed by atoms with van der Waals surface area (Å²) in [5.74, 6) is -0.542. The molecule has 0 saturated carbocycles. The second kappa shape index (κ2) is 2.64. The third-order valence-corrected chi connectivity index (χ3v) is 0.618. The van der Waals surface area contributed by atoms with Crippen LogP contribution in [0.1, 0.15) is 0 Å². The summed E-state index contributed by atoms with van der Waals surface area (Å²) < 4.78 is 0. The number of primary amides is 2. The lowest BCUT2D eigenvalue weighted by Crippen LogP contribution is -2.26. The molecule has 5 nitrogen and oxygen atoms in total. The Labute approximate surface area is 50.8 Å². The number of nitrogens with one attached hydrogen (secondary N) is 1. The molecule has 0 aliphatic rings. The Hall–Kier alpha value is -1.61. The second-order valence-corrected chi connectivity index (χ2v) is 1.23. The largest absolute Gasteiger partial charge is 0.365 e. The van der Waals surface area contributed by atoms with E-state index in [0.29, 0.717) is 0 Å². The number of nitrogens with two attached hydrogens (primary N) is 2. The van der Waals surface area contributed by atoms with Crippen LogP contribution < -0.4 is 11.5 Å². The lowest BCUT2D eigenvalue weighted by atomic mass is 10.3. The zero-order valence-electron chi connectivity index (χ0n) is 4.47. The Balaban J connectivity index is 4.59. The summed E-state index contributed by atoms with van der Waals surface area (Å²) in [4.78, 5) is 20.1. The molecule has 0 unspecified atom stereocenters. The van der Waals surface area contributed by atoms with Gasteiger partial charge < -0.3 is 11.5 Å². The predicted molar refractivity (Wildman–Crippen MR) is 29.6 cm³/mol. The molecule has 0 aliphatic carbocycles. The lowest BCUT2D eigenvalue weighted by molar-refractivity contribution is -0.120. The van der Waals surface area contributed by atoms with Crippen LogP contribution in [-0.2, 0) is 9.59 Å². The van der Waals surface area contributed by atoms with Gasteiger partial charge in [0.25, 0.3) is 11.8 Å². The molecule has 2 amide bonds. The summed E-state index contributed by atoms with van der Waals surface area (Å²) in [7, 11) is 0. The van der Waals surface area contributed by atoms with E-state index in [1.807, 2.05) is 0 Å². The van der Waals surface area contributed by atoms with Crippen LogP contribution in [0.25, 0.3) is 0 Å². The molecule has 0 aromatic rings. The Morgan fingerprint density at radius 3 is 1.56 bits per heavy atom. The molecule has 0 fully saturated rings. The van der Waals surface area contributed by atoms with Crippen molar-refractivity contribution in [2.45, 2.75) is 0 Å². The van der Waals surface area contributed by atoms with Gasteiger partial charge in [-0.05, 0) is 5.87 Å². The molecule has 9 heavy (non-hydrogen) atoms. The average molecular weight is 127 g/mol. The Bertz CT molecular complexity index is 186. The zero-order valence-corrected chi connectivity index (χ0v) is 4.47. The highest BCUT2D eigenvalue weighted by atomic mass is 16.2. The fourth-order valence-corrected chi connectivity index (χ4v) is 0.245. The van der Waals surface area contributed by atoms with Crippen LogP contribution in [0.5, 0.6) is 0 Å².